The molecule has 27 heavy (non-hydrogen) atoms. The molecule has 2 fully saturated rings. The van der Waals surface area contributed by atoms with Gasteiger partial charge in [-0.2, -0.15) is 5.10 Å². The van der Waals surface area contributed by atoms with Gasteiger partial charge >= 0.3 is 11.1 Å². The fourth-order valence-corrected chi connectivity index (χ4v) is 4.13. The van der Waals surface area contributed by atoms with Gasteiger partial charge in [0.1, 0.15) is 12.2 Å². The van der Waals surface area contributed by atoms with E-state index < -0.39 is 16.7 Å². The molecule has 1 spiro atoms. The Balaban J connectivity index is 1.36. The second-order valence-electron chi connectivity index (χ2n) is 8.03. The molecule has 0 bridgehead atoms. The fraction of sp³-hybridized carbons (Fsp3) is 0.579. The molecule has 3 aliphatic rings. The quantitative estimate of drug-likeness (QED) is 0.725. The molecule has 2 aromatic heterocycles. The van der Waals surface area contributed by atoms with Crippen LogP contribution in [0.4, 0.5) is 0 Å². The summed E-state index contributed by atoms with van der Waals surface area (Å²) in [5.74, 6) is 1.06. The van der Waals surface area contributed by atoms with E-state index in [1.54, 1.807) is 10.8 Å². The van der Waals surface area contributed by atoms with Crippen molar-refractivity contribution >= 4 is 0 Å². The van der Waals surface area contributed by atoms with Crippen molar-refractivity contribution in [2.24, 2.45) is 5.92 Å². The van der Waals surface area contributed by atoms with Gasteiger partial charge in [-0.05, 0) is 36.8 Å². The first-order valence-electron chi connectivity index (χ1n) is 9.58. The molecule has 2 aromatic rings. The number of fused-ring (bicyclic) bond motifs is 1. The first kappa shape index (κ1) is 16.8. The van der Waals surface area contributed by atoms with Gasteiger partial charge in [-0.15, -0.1) is 0 Å². The molecule has 1 aliphatic carbocycles. The third-order valence-corrected chi connectivity index (χ3v) is 5.82. The highest BCUT2D eigenvalue weighted by molar-refractivity contribution is 5.10. The van der Waals surface area contributed by atoms with E-state index in [9.17, 15) is 9.59 Å². The van der Waals surface area contributed by atoms with Crippen LogP contribution in [-0.4, -0.2) is 42.9 Å². The number of likely N-dealkylation sites (tertiary alicyclic amines) is 1. The zero-order valence-corrected chi connectivity index (χ0v) is 15.2. The standard InChI is InChI=1S/C19H23N5O3/c25-17-18(26)24(10-14-3-4-14)21-16-11-27-19(13-23(16)17)5-7-22(12-19)9-15-2-1-6-20-8-15/h1-2,6,8,14H,3-5,7,9-13H2/t19-/m1/s1. The Hall–Kier alpha value is -2.32. The molecule has 0 amide bonds. The smallest absolute Gasteiger partial charge is 0.332 e. The first-order chi connectivity index (χ1) is 13.1. The zero-order valence-electron chi connectivity index (χ0n) is 15.2. The van der Waals surface area contributed by atoms with Gasteiger partial charge in [0.25, 0.3) is 0 Å². The van der Waals surface area contributed by atoms with E-state index in [4.69, 9.17) is 4.74 Å². The fourth-order valence-electron chi connectivity index (χ4n) is 4.13. The molecule has 8 nitrogen and oxygen atoms in total. The number of nitrogens with zero attached hydrogens (tertiary/aromatic N) is 5. The molecule has 1 atom stereocenters. The minimum Gasteiger partial charge on any atom is -0.364 e. The second kappa shape index (κ2) is 6.38. The number of ether oxygens (including phenoxy) is 1. The summed E-state index contributed by atoms with van der Waals surface area (Å²) in [6.45, 7) is 3.66. The minimum absolute atomic E-state index is 0.279. The van der Waals surface area contributed by atoms with Gasteiger partial charge in [0.2, 0.25) is 0 Å². The van der Waals surface area contributed by atoms with E-state index >= 15 is 0 Å². The van der Waals surface area contributed by atoms with Crippen molar-refractivity contribution in [3.63, 3.8) is 0 Å². The zero-order chi connectivity index (χ0) is 18.4. The second-order valence-corrected chi connectivity index (χ2v) is 8.03. The Kier molecular flexibility index (Phi) is 3.98. The first-order valence-corrected chi connectivity index (χ1v) is 9.58. The van der Waals surface area contributed by atoms with Crippen LogP contribution in [0.15, 0.2) is 34.1 Å². The summed E-state index contributed by atoms with van der Waals surface area (Å²) in [5, 5.41) is 4.42. The van der Waals surface area contributed by atoms with E-state index in [0.29, 0.717) is 24.8 Å². The molecule has 142 valence electrons. The number of hydrogen-bond acceptors (Lipinski definition) is 6. The number of hydrogen-bond donors (Lipinski definition) is 0. The highest BCUT2D eigenvalue weighted by Gasteiger charge is 2.43. The van der Waals surface area contributed by atoms with Gasteiger partial charge in [0.15, 0.2) is 5.82 Å². The van der Waals surface area contributed by atoms with Gasteiger partial charge in [-0.3, -0.25) is 24.0 Å². The summed E-state index contributed by atoms with van der Waals surface area (Å²) in [7, 11) is 0. The van der Waals surface area contributed by atoms with Crippen LogP contribution in [0, 0.1) is 5.92 Å². The lowest BCUT2D eigenvalue weighted by Gasteiger charge is -2.35. The number of rotatable bonds is 4. The van der Waals surface area contributed by atoms with E-state index in [1.165, 1.54) is 4.68 Å². The molecule has 8 heteroatoms. The largest absolute Gasteiger partial charge is 0.364 e. The van der Waals surface area contributed by atoms with Crippen molar-refractivity contribution in [3.8, 4) is 0 Å². The van der Waals surface area contributed by atoms with Gasteiger partial charge in [-0.1, -0.05) is 6.07 Å². The predicted octanol–water partition coefficient (Wildman–Crippen LogP) is 0.385. The highest BCUT2D eigenvalue weighted by atomic mass is 16.5. The molecule has 5 rings (SSSR count). The van der Waals surface area contributed by atoms with Gasteiger partial charge in [0.05, 0.1) is 6.54 Å². The van der Waals surface area contributed by atoms with Crippen LogP contribution in [0.1, 0.15) is 30.7 Å². The van der Waals surface area contributed by atoms with Gasteiger partial charge in [0, 0.05) is 38.6 Å². The maximum Gasteiger partial charge on any atom is 0.332 e. The lowest BCUT2D eigenvalue weighted by Crippen LogP contribution is -2.53. The Morgan fingerprint density at radius 3 is 2.89 bits per heavy atom. The van der Waals surface area contributed by atoms with Crippen LogP contribution < -0.4 is 11.1 Å². The third kappa shape index (κ3) is 3.23. The van der Waals surface area contributed by atoms with Crippen LogP contribution >= 0.6 is 0 Å². The van der Waals surface area contributed by atoms with Crippen LogP contribution in [-0.2, 0) is 31.0 Å². The normalized spacial score (nSPS) is 25.0. The topological polar surface area (TPSA) is 82.2 Å². The summed E-state index contributed by atoms with van der Waals surface area (Å²) < 4.78 is 9.08. The monoisotopic (exact) mass is 369 g/mol. The summed E-state index contributed by atoms with van der Waals surface area (Å²) >= 11 is 0. The Morgan fingerprint density at radius 1 is 1.22 bits per heavy atom. The molecular weight excluding hydrogens is 346 g/mol. The summed E-state index contributed by atoms with van der Waals surface area (Å²) in [6, 6.07) is 4.00. The molecule has 1 saturated heterocycles. The van der Waals surface area contributed by atoms with Gasteiger partial charge in [-0.25, -0.2) is 4.68 Å². The Labute approximate surface area is 156 Å². The van der Waals surface area contributed by atoms with Crippen molar-refractivity contribution in [2.75, 3.05) is 13.1 Å². The molecule has 0 unspecified atom stereocenters. The predicted molar refractivity (Wildman–Crippen MR) is 97.1 cm³/mol. The number of pyridine rings is 1. The van der Waals surface area contributed by atoms with Crippen molar-refractivity contribution in [2.45, 2.75) is 51.1 Å². The average Bonchev–Trinajstić information content (AvgIpc) is 3.42. The van der Waals surface area contributed by atoms with Crippen LogP contribution in [0.5, 0.6) is 0 Å². The van der Waals surface area contributed by atoms with Crippen molar-refractivity contribution in [1.82, 2.24) is 24.2 Å². The van der Waals surface area contributed by atoms with E-state index in [2.05, 4.69) is 21.0 Å². The molecule has 0 aromatic carbocycles. The third-order valence-electron chi connectivity index (χ3n) is 5.82. The Morgan fingerprint density at radius 2 is 2.11 bits per heavy atom. The molecule has 0 radical (unpaired) electrons. The SMILES string of the molecule is O=c1c(=O)n2c(nn1CC1CC1)CO[C@@]1(CCN(Cc3cccnc3)C1)C2. The molecular formula is C19H23N5O3. The molecule has 0 N–H and O–H groups in total. The van der Waals surface area contributed by atoms with Crippen molar-refractivity contribution in [3.05, 3.63) is 56.6 Å². The van der Waals surface area contributed by atoms with Crippen molar-refractivity contribution < 1.29 is 4.74 Å². The Bertz CT molecular complexity index is 966. The lowest BCUT2D eigenvalue weighted by atomic mass is 10.0. The summed E-state index contributed by atoms with van der Waals surface area (Å²) in [4.78, 5) is 31.6. The summed E-state index contributed by atoms with van der Waals surface area (Å²) in [6.07, 6.45) is 6.70. The maximum absolute atomic E-state index is 12.7. The van der Waals surface area contributed by atoms with E-state index in [1.807, 2.05) is 12.3 Å². The van der Waals surface area contributed by atoms with E-state index in [-0.39, 0.29) is 6.61 Å². The highest BCUT2D eigenvalue weighted by Crippen LogP contribution is 2.32. The maximum atomic E-state index is 12.7. The minimum atomic E-state index is -0.507. The van der Waals surface area contributed by atoms with Crippen LogP contribution in [0.2, 0.25) is 0 Å². The molecule has 4 heterocycles. The molecule has 2 aliphatic heterocycles. The van der Waals surface area contributed by atoms with Crippen LogP contribution in [0.3, 0.4) is 0 Å². The number of aromatic nitrogens is 4. The van der Waals surface area contributed by atoms with Gasteiger partial charge < -0.3 is 4.74 Å². The van der Waals surface area contributed by atoms with Crippen LogP contribution in [0.25, 0.3) is 0 Å². The molecule has 1 saturated carbocycles. The summed E-state index contributed by atoms with van der Waals surface area (Å²) in [5.41, 5.74) is -0.231. The van der Waals surface area contributed by atoms with E-state index in [0.717, 1.165) is 44.5 Å². The van der Waals surface area contributed by atoms with Crippen molar-refractivity contribution in [1.29, 1.82) is 0 Å². The average molecular weight is 369 g/mol. The lowest BCUT2D eigenvalue weighted by molar-refractivity contribution is -0.0859.